The molecule has 1 N–H and O–H groups in total. The van der Waals surface area contributed by atoms with E-state index in [1.165, 1.54) is 16.8 Å². The normalized spacial score (nSPS) is 18.6. The van der Waals surface area contributed by atoms with Crippen LogP contribution in [0.15, 0.2) is 5.51 Å². The van der Waals surface area contributed by atoms with Gasteiger partial charge in [-0.15, -0.1) is 10.2 Å². The van der Waals surface area contributed by atoms with E-state index in [0.29, 0.717) is 5.13 Å². The van der Waals surface area contributed by atoms with Crippen LogP contribution in [0.25, 0.3) is 0 Å². The first-order valence-electron chi connectivity index (χ1n) is 4.46. The molecule has 1 fully saturated rings. The Morgan fingerprint density at radius 1 is 1.43 bits per heavy atom. The van der Waals surface area contributed by atoms with Crippen molar-refractivity contribution in [2.75, 3.05) is 4.72 Å². The van der Waals surface area contributed by atoms with Gasteiger partial charge in [-0.05, 0) is 12.8 Å². The van der Waals surface area contributed by atoms with E-state index in [1.54, 1.807) is 0 Å². The summed E-state index contributed by atoms with van der Waals surface area (Å²) in [6.07, 6.45) is 3.52. The van der Waals surface area contributed by atoms with Crippen molar-refractivity contribution in [3.05, 3.63) is 5.51 Å². The summed E-state index contributed by atoms with van der Waals surface area (Å²) in [7, 11) is -3.23. The monoisotopic (exact) mass is 233 g/mol. The first kappa shape index (κ1) is 9.85. The zero-order chi connectivity index (χ0) is 10.0. The molecule has 78 valence electrons. The summed E-state index contributed by atoms with van der Waals surface area (Å²) in [5.41, 5.74) is 1.51. The molecule has 1 aromatic heterocycles. The minimum atomic E-state index is -3.23. The van der Waals surface area contributed by atoms with Crippen LogP contribution >= 0.6 is 11.3 Å². The van der Waals surface area contributed by atoms with Gasteiger partial charge < -0.3 is 0 Å². The summed E-state index contributed by atoms with van der Waals surface area (Å²) in [5, 5.41) is 7.34. The van der Waals surface area contributed by atoms with Crippen LogP contribution in [-0.4, -0.2) is 23.9 Å². The van der Waals surface area contributed by atoms with Gasteiger partial charge in [0.15, 0.2) is 0 Å². The van der Waals surface area contributed by atoms with Gasteiger partial charge >= 0.3 is 0 Å². The van der Waals surface area contributed by atoms with Gasteiger partial charge in [0.2, 0.25) is 15.2 Å². The standard InChI is InChI=1S/C7H11N3O2S2/c11-14(12,6-3-1-2-4-6)10-7-9-8-5-13-7/h5-6H,1-4H2,(H,9,10). The summed E-state index contributed by atoms with van der Waals surface area (Å²) >= 11 is 1.20. The van der Waals surface area contributed by atoms with Gasteiger partial charge in [0.25, 0.3) is 0 Å². The number of sulfonamides is 1. The van der Waals surface area contributed by atoms with Gasteiger partial charge in [0.1, 0.15) is 5.51 Å². The van der Waals surface area contributed by atoms with Crippen LogP contribution < -0.4 is 4.72 Å². The topological polar surface area (TPSA) is 72.0 Å². The van der Waals surface area contributed by atoms with E-state index in [-0.39, 0.29) is 5.25 Å². The second-order valence-electron chi connectivity index (χ2n) is 3.30. The Kier molecular flexibility index (Phi) is 2.69. The number of nitrogens with one attached hydrogen (secondary N) is 1. The Morgan fingerprint density at radius 2 is 2.14 bits per heavy atom. The summed E-state index contributed by atoms with van der Waals surface area (Å²) in [6.45, 7) is 0. The average Bonchev–Trinajstić information content (AvgIpc) is 2.71. The van der Waals surface area contributed by atoms with Crippen LogP contribution in [0.1, 0.15) is 25.7 Å². The minimum Gasteiger partial charge on any atom is -0.257 e. The fraction of sp³-hybridized carbons (Fsp3) is 0.714. The van der Waals surface area contributed by atoms with Crippen molar-refractivity contribution in [2.24, 2.45) is 0 Å². The van der Waals surface area contributed by atoms with E-state index in [4.69, 9.17) is 0 Å². The lowest BCUT2D eigenvalue weighted by atomic mass is 10.4. The second kappa shape index (κ2) is 3.82. The lowest BCUT2D eigenvalue weighted by Crippen LogP contribution is -2.25. The molecule has 1 heterocycles. The van der Waals surface area contributed by atoms with Crippen molar-refractivity contribution >= 4 is 26.5 Å². The summed E-state index contributed by atoms with van der Waals surface area (Å²) in [6, 6.07) is 0. The minimum absolute atomic E-state index is 0.244. The van der Waals surface area contributed by atoms with Gasteiger partial charge in [0, 0.05) is 0 Å². The maximum absolute atomic E-state index is 11.7. The number of anilines is 1. The summed E-state index contributed by atoms with van der Waals surface area (Å²) in [5.74, 6) is 0. The van der Waals surface area contributed by atoms with E-state index >= 15 is 0 Å². The molecule has 2 rings (SSSR count). The third-order valence-electron chi connectivity index (χ3n) is 2.33. The molecular weight excluding hydrogens is 222 g/mol. The third-order valence-corrected chi connectivity index (χ3v) is 4.89. The molecule has 5 nitrogen and oxygen atoms in total. The number of nitrogens with zero attached hydrogens (tertiary/aromatic N) is 2. The molecule has 0 spiro atoms. The van der Waals surface area contributed by atoms with Gasteiger partial charge in [-0.25, -0.2) is 8.42 Å². The molecule has 0 aliphatic heterocycles. The maximum atomic E-state index is 11.7. The quantitative estimate of drug-likeness (QED) is 0.852. The highest BCUT2D eigenvalue weighted by Crippen LogP contribution is 2.26. The third kappa shape index (κ3) is 2.03. The van der Waals surface area contributed by atoms with E-state index in [2.05, 4.69) is 14.9 Å². The smallest absolute Gasteiger partial charge is 0.237 e. The molecule has 0 saturated heterocycles. The zero-order valence-electron chi connectivity index (χ0n) is 7.51. The van der Waals surface area contributed by atoms with E-state index in [0.717, 1.165) is 25.7 Å². The molecule has 1 saturated carbocycles. The highest BCUT2D eigenvalue weighted by molar-refractivity contribution is 7.93. The maximum Gasteiger partial charge on any atom is 0.237 e. The zero-order valence-corrected chi connectivity index (χ0v) is 9.14. The molecule has 0 unspecified atom stereocenters. The lowest BCUT2D eigenvalue weighted by molar-refractivity contribution is 0.585. The van der Waals surface area contributed by atoms with Crippen LogP contribution in [0.2, 0.25) is 0 Å². The Hall–Kier alpha value is -0.690. The number of rotatable bonds is 3. The Balaban J connectivity index is 2.09. The van der Waals surface area contributed by atoms with Gasteiger partial charge in [-0.3, -0.25) is 4.72 Å². The van der Waals surface area contributed by atoms with E-state index < -0.39 is 10.0 Å². The van der Waals surface area contributed by atoms with Crippen molar-refractivity contribution in [2.45, 2.75) is 30.9 Å². The first-order chi connectivity index (χ1) is 6.68. The molecule has 14 heavy (non-hydrogen) atoms. The van der Waals surface area contributed by atoms with Crippen molar-refractivity contribution in [1.82, 2.24) is 10.2 Å². The highest BCUT2D eigenvalue weighted by Gasteiger charge is 2.29. The molecule has 0 atom stereocenters. The van der Waals surface area contributed by atoms with E-state index in [9.17, 15) is 8.42 Å². The van der Waals surface area contributed by atoms with Crippen molar-refractivity contribution < 1.29 is 8.42 Å². The number of aromatic nitrogens is 2. The predicted molar refractivity (Wildman–Crippen MR) is 54.7 cm³/mol. The Morgan fingerprint density at radius 3 is 2.71 bits per heavy atom. The van der Waals surface area contributed by atoms with Crippen LogP contribution in [0.5, 0.6) is 0 Å². The van der Waals surface area contributed by atoms with Crippen molar-refractivity contribution in [3.63, 3.8) is 0 Å². The molecular formula is C7H11N3O2S2. The molecule has 0 amide bonds. The molecule has 0 radical (unpaired) electrons. The van der Waals surface area contributed by atoms with E-state index in [1.807, 2.05) is 0 Å². The highest BCUT2D eigenvalue weighted by atomic mass is 32.2. The van der Waals surface area contributed by atoms with Gasteiger partial charge in [-0.1, -0.05) is 24.2 Å². The summed E-state index contributed by atoms with van der Waals surface area (Å²) in [4.78, 5) is 0. The lowest BCUT2D eigenvalue weighted by Gasteiger charge is -2.10. The molecule has 0 bridgehead atoms. The largest absolute Gasteiger partial charge is 0.257 e. The predicted octanol–water partition coefficient (Wildman–Crippen LogP) is 1.22. The second-order valence-corrected chi connectivity index (χ2v) is 6.09. The van der Waals surface area contributed by atoms with Crippen molar-refractivity contribution in [3.8, 4) is 0 Å². The fourth-order valence-corrected chi connectivity index (χ4v) is 3.86. The number of hydrogen-bond donors (Lipinski definition) is 1. The Bertz CT molecular complexity index is 381. The van der Waals surface area contributed by atoms with Crippen molar-refractivity contribution in [1.29, 1.82) is 0 Å². The molecule has 0 aromatic carbocycles. The SMILES string of the molecule is O=S(=O)(Nc1nncs1)C1CCCC1. The van der Waals surface area contributed by atoms with Gasteiger partial charge in [0.05, 0.1) is 5.25 Å². The molecule has 1 aliphatic rings. The van der Waals surface area contributed by atoms with Crippen LogP contribution in [-0.2, 0) is 10.0 Å². The van der Waals surface area contributed by atoms with Gasteiger partial charge in [-0.2, -0.15) is 0 Å². The first-order valence-corrected chi connectivity index (χ1v) is 6.89. The number of hydrogen-bond acceptors (Lipinski definition) is 5. The molecule has 1 aliphatic carbocycles. The van der Waals surface area contributed by atoms with Crippen LogP contribution in [0, 0.1) is 0 Å². The van der Waals surface area contributed by atoms with Crippen LogP contribution in [0.4, 0.5) is 5.13 Å². The molecule has 1 aromatic rings. The summed E-state index contributed by atoms with van der Waals surface area (Å²) < 4.78 is 25.9. The average molecular weight is 233 g/mol. The Labute approximate surface area is 86.6 Å². The van der Waals surface area contributed by atoms with Crippen LogP contribution in [0.3, 0.4) is 0 Å². The fourth-order valence-electron chi connectivity index (χ4n) is 1.62. The molecule has 7 heteroatoms.